The van der Waals surface area contributed by atoms with Gasteiger partial charge in [-0.05, 0) is 36.6 Å². The molecule has 0 radical (unpaired) electrons. The summed E-state index contributed by atoms with van der Waals surface area (Å²) in [5.41, 5.74) is 2.62. The Balaban J connectivity index is 2.08. The summed E-state index contributed by atoms with van der Waals surface area (Å²) >= 11 is 0. The summed E-state index contributed by atoms with van der Waals surface area (Å²) < 4.78 is 5.20. The van der Waals surface area contributed by atoms with Crippen molar-refractivity contribution in [2.45, 2.75) is 45.7 Å². The highest BCUT2D eigenvalue weighted by molar-refractivity contribution is 5.96. The Labute approximate surface area is 171 Å². The van der Waals surface area contributed by atoms with Gasteiger partial charge in [-0.25, -0.2) is 0 Å². The van der Waals surface area contributed by atoms with Crippen molar-refractivity contribution in [2.24, 2.45) is 0 Å². The minimum absolute atomic E-state index is 0.0922. The number of rotatable bonds is 7. The number of carbonyl (C=O) groups excluding carboxylic acids is 1. The Bertz CT molecular complexity index is 873. The van der Waals surface area contributed by atoms with Crippen molar-refractivity contribution in [2.75, 3.05) is 19.5 Å². The van der Waals surface area contributed by atoms with Gasteiger partial charge in [0.1, 0.15) is 5.75 Å². The van der Waals surface area contributed by atoms with Gasteiger partial charge in [0.05, 0.1) is 23.8 Å². The standard InChI is InChI=1S/C22H29N3O4/c1-15(24(5)14-16-7-9-17(10-8-16)22(2,3)4)21(26)23-19-13-18(25(27)28)11-12-20(19)29-6/h7-13,15H,14H2,1-6H3,(H,23,26)/t15-/m1/s1. The molecule has 1 N–H and O–H groups in total. The lowest BCUT2D eigenvalue weighted by molar-refractivity contribution is -0.384. The van der Waals surface area contributed by atoms with E-state index in [1.807, 2.05) is 11.9 Å². The third-order valence-electron chi connectivity index (χ3n) is 4.94. The lowest BCUT2D eigenvalue weighted by Gasteiger charge is -2.25. The van der Waals surface area contributed by atoms with E-state index in [-0.39, 0.29) is 22.7 Å². The van der Waals surface area contributed by atoms with Crippen molar-refractivity contribution in [3.63, 3.8) is 0 Å². The molecule has 2 rings (SSSR count). The molecule has 0 spiro atoms. The normalized spacial score (nSPS) is 12.5. The van der Waals surface area contributed by atoms with E-state index in [4.69, 9.17) is 4.74 Å². The largest absolute Gasteiger partial charge is 0.495 e. The summed E-state index contributed by atoms with van der Waals surface area (Å²) in [5, 5.41) is 13.8. The number of non-ortho nitro benzene ring substituents is 1. The Hall–Kier alpha value is -2.93. The molecule has 1 amide bonds. The van der Waals surface area contributed by atoms with Gasteiger partial charge in [-0.15, -0.1) is 0 Å². The molecule has 29 heavy (non-hydrogen) atoms. The molecule has 0 saturated carbocycles. The molecule has 0 bridgehead atoms. The zero-order valence-corrected chi connectivity index (χ0v) is 17.9. The minimum Gasteiger partial charge on any atom is -0.495 e. The Morgan fingerprint density at radius 3 is 2.34 bits per heavy atom. The van der Waals surface area contributed by atoms with E-state index >= 15 is 0 Å². The predicted molar refractivity (Wildman–Crippen MR) is 114 cm³/mol. The van der Waals surface area contributed by atoms with Crippen molar-refractivity contribution in [3.8, 4) is 5.75 Å². The Kier molecular flexibility index (Phi) is 6.97. The summed E-state index contributed by atoms with van der Waals surface area (Å²) in [4.78, 5) is 25.1. The summed E-state index contributed by atoms with van der Waals surface area (Å²) in [6, 6.07) is 12.0. The molecule has 0 heterocycles. The average Bonchev–Trinajstić information content (AvgIpc) is 2.66. The highest BCUT2D eigenvalue weighted by atomic mass is 16.6. The SMILES string of the molecule is COc1ccc([N+](=O)[O-])cc1NC(=O)[C@@H](C)N(C)Cc1ccc(C(C)(C)C)cc1. The molecule has 0 aliphatic heterocycles. The van der Waals surface area contributed by atoms with Crippen molar-refractivity contribution in [3.05, 3.63) is 63.7 Å². The topological polar surface area (TPSA) is 84.7 Å². The van der Waals surface area contributed by atoms with Gasteiger partial charge in [-0.3, -0.25) is 19.8 Å². The van der Waals surface area contributed by atoms with E-state index in [1.165, 1.54) is 30.9 Å². The van der Waals surface area contributed by atoms with E-state index in [9.17, 15) is 14.9 Å². The van der Waals surface area contributed by atoms with Crippen LogP contribution in [0.1, 0.15) is 38.8 Å². The molecule has 0 aliphatic carbocycles. The maximum Gasteiger partial charge on any atom is 0.271 e. The van der Waals surface area contributed by atoms with Crippen LogP contribution in [0, 0.1) is 10.1 Å². The number of likely N-dealkylation sites (N-methyl/N-ethyl adjacent to an activating group) is 1. The number of nitrogens with one attached hydrogen (secondary N) is 1. The fourth-order valence-electron chi connectivity index (χ4n) is 2.88. The molecule has 0 saturated heterocycles. The molecule has 7 heteroatoms. The van der Waals surface area contributed by atoms with Crippen LogP contribution < -0.4 is 10.1 Å². The molecule has 156 valence electrons. The number of hydrogen-bond acceptors (Lipinski definition) is 5. The van der Waals surface area contributed by atoms with Crippen LogP contribution in [0.25, 0.3) is 0 Å². The number of nitro groups is 1. The predicted octanol–water partition coefficient (Wildman–Crippen LogP) is 4.36. The number of benzene rings is 2. The van der Waals surface area contributed by atoms with Crippen LogP contribution in [0.5, 0.6) is 5.75 Å². The summed E-state index contributed by atoms with van der Waals surface area (Å²) in [5.74, 6) is 0.106. The first-order valence-corrected chi connectivity index (χ1v) is 9.46. The van der Waals surface area contributed by atoms with Crippen LogP contribution in [0.3, 0.4) is 0 Å². The molecular formula is C22H29N3O4. The van der Waals surface area contributed by atoms with Crippen LogP contribution in [-0.2, 0) is 16.8 Å². The molecule has 0 aromatic heterocycles. The number of amides is 1. The molecule has 0 fully saturated rings. The first kappa shape index (κ1) is 22.4. The Morgan fingerprint density at radius 2 is 1.83 bits per heavy atom. The first-order valence-electron chi connectivity index (χ1n) is 9.46. The Morgan fingerprint density at radius 1 is 1.21 bits per heavy atom. The molecular weight excluding hydrogens is 370 g/mol. The van der Waals surface area contributed by atoms with Gasteiger partial charge in [-0.1, -0.05) is 45.0 Å². The number of hydrogen-bond donors (Lipinski definition) is 1. The van der Waals surface area contributed by atoms with Gasteiger partial charge in [0, 0.05) is 18.7 Å². The molecule has 1 atom stereocenters. The second-order valence-electron chi connectivity index (χ2n) is 8.17. The van der Waals surface area contributed by atoms with Crippen LogP contribution >= 0.6 is 0 Å². The quantitative estimate of drug-likeness (QED) is 0.552. The molecule has 0 aliphatic rings. The van der Waals surface area contributed by atoms with Gasteiger partial charge >= 0.3 is 0 Å². The van der Waals surface area contributed by atoms with Crippen molar-refractivity contribution >= 4 is 17.3 Å². The van der Waals surface area contributed by atoms with Gasteiger partial charge in [-0.2, -0.15) is 0 Å². The number of ether oxygens (including phenoxy) is 1. The van der Waals surface area contributed by atoms with Crippen LogP contribution in [0.15, 0.2) is 42.5 Å². The van der Waals surface area contributed by atoms with Crippen molar-refractivity contribution < 1.29 is 14.5 Å². The van der Waals surface area contributed by atoms with Crippen LogP contribution in [0.2, 0.25) is 0 Å². The maximum atomic E-state index is 12.7. The number of methoxy groups -OCH3 is 1. The number of nitrogens with zero attached hydrogens (tertiary/aromatic N) is 2. The fourth-order valence-corrected chi connectivity index (χ4v) is 2.88. The molecule has 2 aromatic rings. The summed E-state index contributed by atoms with van der Waals surface area (Å²) in [6.45, 7) is 8.90. The van der Waals surface area contributed by atoms with E-state index in [0.29, 0.717) is 12.3 Å². The second kappa shape index (κ2) is 9.05. The van der Waals surface area contributed by atoms with Crippen molar-refractivity contribution in [1.82, 2.24) is 4.90 Å². The number of carbonyl (C=O) groups is 1. The number of nitro benzene ring substituents is 1. The lowest BCUT2D eigenvalue weighted by atomic mass is 9.87. The van der Waals surface area contributed by atoms with Crippen molar-refractivity contribution in [1.29, 1.82) is 0 Å². The van der Waals surface area contributed by atoms with Crippen LogP contribution in [-0.4, -0.2) is 35.9 Å². The second-order valence-corrected chi connectivity index (χ2v) is 8.17. The zero-order valence-electron chi connectivity index (χ0n) is 17.9. The summed E-state index contributed by atoms with van der Waals surface area (Å²) in [7, 11) is 3.32. The molecule has 7 nitrogen and oxygen atoms in total. The summed E-state index contributed by atoms with van der Waals surface area (Å²) in [6.07, 6.45) is 0. The van der Waals surface area contributed by atoms with E-state index in [0.717, 1.165) is 5.56 Å². The zero-order chi connectivity index (χ0) is 21.8. The fraction of sp³-hybridized carbons (Fsp3) is 0.409. The average molecular weight is 399 g/mol. The monoisotopic (exact) mass is 399 g/mol. The molecule has 0 unspecified atom stereocenters. The molecule has 2 aromatic carbocycles. The lowest BCUT2D eigenvalue weighted by Crippen LogP contribution is -2.39. The van der Waals surface area contributed by atoms with E-state index in [1.54, 1.807) is 6.92 Å². The number of anilines is 1. The smallest absolute Gasteiger partial charge is 0.271 e. The third-order valence-corrected chi connectivity index (χ3v) is 4.94. The highest BCUT2D eigenvalue weighted by Crippen LogP contribution is 2.29. The van der Waals surface area contributed by atoms with E-state index in [2.05, 4.69) is 50.4 Å². The van der Waals surface area contributed by atoms with E-state index < -0.39 is 11.0 Å². The minimum atomic E-state index is -0.508. The van der Waals surface area contributed by atoms with Crippen LogP contribution in [0.4, 0.5) is 11.4 Å². The first-order chi connectivity index (χ1) is 13.5. The van der Waals surface area contributed by atoms with Gasteiger partial charge in [0.2, 0.25) is 5.91 Å². The highest BCUT2D eigenvalue weighted by Gasteiger charge is 2.21. The van der Waals surface area contributed by atoms with Gasteiger partial charge in [0.25, 0.3) is 5.69 Å². The maximum absolute atomic E-state index is 12.7. The van der Waals surface area contributed by atoms with Gasteiger partial charge < -0.3 is 10.1 Å². The third kappa shape index (κ3) is 5.77. The van der Waals surface area contributed by atoms with Gasteiger partial charge in [0.15, 0.2) is 0 Å².